The highest BCUT2D eigenvalue weighted by atomic mass is 16.5. The molecule has 1 N–H and O–H groups in total. The van der Waals surface area contributed by atoms with Gasteiger partial charge in [0.25, 0.3) is 0 Å². The zero-order valence-electron chi connectivity index (χ0n) is 11.4. The molecule has 0 aromatic carbocycles. The number of hydrogen-bond donors (Lipinski definition) is 1. The van der Waals surface area contributed by atoms with E-state index in [1.54, 1.807) is 27.7 Å². The van der Waals surface area contributed by atoms with Crippen molar-refractivity contribution in [1.82, 2.24) is 0 Å². The first-order valence-electron chi connectivity index (χ1n) is 5.44. The fraction of sp³-hybridized carbons (Fsp3) is 0.750. The highest BCUT2D eigenvalue weighted by Gasteiger charge is 2.58. The van der Waals surface area contributed by atoms with Gasteiger partial charge in [0.1, 0.15) is 6.61 Å². The van der Waals surface area contributed by atoms with Crippen LogP contribution in [0.3, 0.4) is 0 Å². The van der Waals surface area contributed by atoms with Crippen LogP contribution < -0.4 is 0 Å². The summed E-state index contributed by atoms with van der Waals surface area (Å²) in [4.78, 5) is 10.9. The Morgan fingerprint density at radius 3 is 1.83 bits per heavy atom. The van der Waals surface area contributed by atoms with Crippen LogP contribution in [0.15, 0.2) is 5.11 Å². The van der Waals surface area contributed by atoms with Gasteiger partial charge in [-0.3, -0.25) is 4.79 Å². The van der Waals surface area contributed by atoms with Crippen LogP contribution in [0.5, 0.6) is 0 Å². The van der Waals surface area contributed by atoms with Crippen molar-refractivity contribution >= 4 is 5.97 Å². The number of carbonyl (C=O) groups excluding carboxylic acids is 1. The van der Waals surface area contributed by atoms with E-state index in [0.29, 0.717) is 0 Å². The lowest BCUT2D eigenvalue weighted by atomic mass is 9.60. The van der Waals surface area contributed by atoms with Gasteiger partial charge in [-0.1, -0.05) is 0 Å². The molecule has 0 bridgehead atoms. The molecule has 0 atom stereocenters. The zero-order valence-corrected chi connectivity index (χ0v) is 11.4. The fourth-order valence-corrected chi connectivity index (χ4v) is 1.84. The number of carbonyl (C=O) groups is 1. The predicted octanol–water partition coefficient (Wildman–Crippen LogP) is 2.42. The van der Waals surface area contributed by atoms with Crippen molar-refractivity contribution in [2.75, 3.05) is 6.61 Å². The summed E-state index contributed by atoms with van der Waals surface area (Å²) in [6.07, 6.45) is 0. The molecule has 0 aliphatic heterocycles. The highest BCUT2D eigenvalue weighted by molar-refractivity contribution is 5.66. The van der Waals surface area contributed by atoms with Crippen LogP contribution in [0.1, 0.15) is 34.6 Å². The average Bonchev–Trinajstić information content (AvgIpc) is 2.29. The van der Waals surface area contributed by atoms with Gasteiger partial charge in [0.15, 0.2) is 5.54 Å². The molecule has 6 nitrogen and oxygen atoms in total. The molecule has 0 fully saturated rings. The van der Waals surface area contributed by atoms with Crippen LogP contribution in [-0.4, -0.2) is 18.1 Å². The Balaban J connectivity index is 5.82. The van der Waals surface area contributed by atoms with Crippen LogP contribution in [0.25, 0.3) is 0 Å². The molecule has 0 radical (unpaired) electrons. The van der Waals surface area contributed by atoms with E-state index in [9.17, 15) is 15.3 Å². The molecule has 0 heterocycles. The molecule has 0 spiro atoms. The van der Waals surface area contributed by atoms with Gasteiger partial charge in [-0.05, 0) is 27.7 Å². The molecule has 0 rings (SSSR count). The number of nitrogens with zero attached hydrogens (tertiary/aromatic N) is 3. The number of ether oxygens (including phenoxy) is 1. The normalized spacial score (nSPS) is 12.2. The topological polar surface area (TPSA) is 110 Å². The molecule has 0 aliphatic rings. The molecule has 6 heteroatoms. The molecule has 0 saturated carbocycles. The number of nitriles is 2. The maximum Gasteiger partial charge on any atom is 0.302 e. The van der Waals surface area contributed by atoms with E-state index in [1.165, 1.54) is 6.92 Å². The first-order valence-corrected chi connectivity index (χ1v) is 5.44. The smallest absolute Gasteiger partial charge is 0.302 e. The summed E-state index contributed by atoms with van der Waals surface area (Å²) >= 11 is 0. The quantitative estimate of drug-likeness (QED) is 0.596. The first-order chi connectivity index (χ1) is 8.10. The SMILES string of the molecule is CC(=O)OCC(N=N)(C(C)(C)C#N)C(C)(C)C#N. The Hall–Kier alpha value is -1.95. The predicted molar refractivity (Wildman–Crippen MR) is 63.3 cm³/mol. The summed E-state index contributed by atoms with van der Waals surface area (Å²) in [5, 5.41) is 22.0. The van der Waals surface area contributed by atoms with Crippen LogP contribution in [0.2, 0.25) is 0 Å². The fourth-order valence-electron chi connectivity index (χ4n) is 1.84. The second kappa shape index (κ2) is 5.14. The van der Waals surface area contributed by atoms with Crippen molar-refractivity contribution in [3.8, 4) is 12.1 Å². The second-order valence-corrected chi connectivity index (χ2v) is 5.23. The average molecular weight is 250 g/mol. The van der Waals surface area contributed by atoms with Gasteiger partial charge in [0.05, 0.1) is 23.0 Å². The van der Waals surface area contributed by atoms with Crippen LogP contribution >= 0.6 is 0 Å². The molecule has 0 aromatic rings. The van der Waals surface area contributed by atoms with Gasteiger partial charge < -0.3 is 4.74 Å². The monoisotopic (exact) mass is 250 g/mol. The molecule has 0 aromatic heterocycles. The summed E-state index contributed by atoms with van der Waals surface area (Å²) in [6, 6.07) is 4.08. The molecule has 0 unspecified atom stereocenters. The summed E-state index contributed by atoms with van der Waals surface area (Å²) in [5.41, 5.74) is 3.75. The minimum Gasteiger partial charge on any atom is -0.463 e. The molecular weight excluding hydrogens is 232 g/mol. The van der Waals surface area contributed by atoms with E-state index in [0.717, 1.165) is 0 Å². The van der Waals surface area contributed by atoms with E-state index in [-0.39, 0.29) is 6.61 Å². The molecule has 0 saturated heterocycles. The zero-order chi connectivity index (χ0) is 14.6. The Kier molecular flexibility index (Phi) is 4.58. The van der Waals surface area contributed by atoms with Crippen molar-refractivity contribution in [1.29, 1.82) is 16.1 Å². The van der Waals surface area contributed by atoms with Crippen molar-refractivity contribution in [2.24, 2.45) is 15.9 Å². The third-order valence-electron chi connectivity index (χ3n) is 3.30. The summed E-state index contributed by atoms with van der Waals surface area (Å²) in [5.74, 6) is -0.537. The largest absolute Gasteiger partial charge is 0.463 e. The molecule has 0 aliphatic carbocycles. The Bertz CT molecular complexity index is 400. The lowest BCUT2D eigenvalue weighted by Crippen LogP contribution is -2.56. The van der Waals surface area contributed by atoms with Crippen LogP contribution in [0, 0.1) is 39.0 Å². The van der Waals surface area contributed by atoms with Crippen molar-refractivity contribution in [2.45, 2.75) is 40.2 Å². The standard InChI is InChI=1S/C12H18N4O2/c1-9(17)18-8-12(16-15,10(2,3)6-13)11(4,5)7-14/h15H,8H2,1-5H3. The second-order valence-electron chi connectivity index (χ2n) is 5.23. The Morgan fingerprint density at radius 2 is 1.61 bits per heavy atom. The third-order valence-corrected chi connectivity index (χ3v) is 3.30. The third kappa shape index (κ3) is 2.48. The summed E-state index contributed by atoms with van der Waals surface area (Å²) < 4.78 is 4.92. The van der Waals surface area contributed by atoms with Gasteiger partial charge >= 0.3 is 5.97 Å². The van der Waals surface area contributed by atoms with Gasteiger partial charge in [0, 0.05) is 6.92 Å². The van der Waals surface area contributed by atoms with E-state index < -0.39 is 22.3 Å². The van der Waals surface area contributed by atoms with Gasteiger partial charge in [0.2, 0.25) is 0 Å². The van der Waals surface area contributed by atoms with Crippen LogP contribution in [-0.2, 0) is 9.53 Å². The van der Waals surface area contributed by atoms with E-state index in [2.05, 4.69) is 5.11 Å². The lowest BCUT2D eigenvalue weighted by Gasteiger charge is -2.44. The summed E-state index contributed by atoms with van der Waals surface area (Å²) in [7, 11) is 0. The number of nitrogens with one attached hydrogen (secondary N) is 1. The number of esters is 1. The van der Waals surface area contributed by atoms with Crippen LogP contribution in [0.4, 0.5) is 0 Å². The number of rotatable bonds is 5. The maximum absolute atomic E-state index is 10.9. The van der Waals surface area contributed by atoms with Gasteiger partial charge in [-0.2, -0.15) is 15.6 Å². The Morgan fingerprint density at radius 1 is 1.22 bits per heavy atom. The van der Waals surface area contributed by atoms with E-state index in [1.807, 2.05) is 12.1 Å². The van der Waals surface area contributed by atoms with Crippen molar-refractivity contribution in [3.63, 3.8) is 0 Å². The van der Waals surface area contributed by atoms with E-state index in [4.69, 9.17) is 10.3 Å². The van der Waals surface area contributed by atoms with Crippen molar-refractivity contribution in [3.05, 3.63) is 0 Å². The first kappa shape index (κ1) is 16.1. The van der Waals surface area contributed by atoms with Gasteiger partial charge in [-0.25, -0.2) is 5.53 Å². The minimum absolute atomic E-state index is 0.271. The minimum atomic E-state index is -1.41. The molecule has 0 amide bonds. The maximum atomic E-state index is 10.9. The summed E-state index contributed by atoms with van der Waals surface area (Å²) in [6.45, 7) is 7.27. The van der Waals surface area contributed by atoms with Crippen molar-refractivity contribution < 1.29 is 9.53 Å². The van der Waals surface area contributed by atoms with Gasteiger partial charge in [-0.15, -0.1) is 0 Å². The Labute approximate surface area is 107 Å². The van der Waals surface area contributed by atoms with E-state index >= 15 is 0 Å². The highest BCUT2D eigenvalue weighted by Crippen LogP contribution is 2.47. The molecule has 98 valence electrons. The molecule has 18 heavy (non-hydrogen) atoms. The molecular formula is C12H18N4O2. The lowest BCUT2D eigenvalue weighted by molar-refractivity contribution is -0.145. The number of hydrogen-bond acceptors (Lipinski definition) is 6.